The number of halogens is 1. The van der Waals surface area contributed by atoms with Crippen LogP contribution in [0.4, 0.5) is 5.82 Å². The lowest BCUT2D eigenvalue weighted by Crippen LogP contribution is -2.34. The molecule has 0 unspecified atom stereocenters. The van der Waals surface area contributed by atoms with Crippen LogP contribution in [0.5, 0.6) is 0 Å². The van der Waals surface area contributed by atoms with Gasteiger partial charge in [-0.05, 0) is 36.9 Å². The molecule has 0 aliphatic carbocycles. The summed E-state index contributed by atoms with van der Waals surface area (Å²) in [5, 5.41) is 4.08. The lowest BCUT2D eigenvalue weighted by Gasteiger charge is -2.32. The number of nitrogens with one attached hydrogen (secondary N) is 1. The van der Waals surface area contributed by atoms with E-state index in [-0.39, 0.29) is 0 Å². The summed E-state index contributed by atoms with van der Waals surface area (Å²) in [7, 11) is 0. The minimum Gasteiger partial charge on any atom is -0.357 e. The molecule has 0 spiro atoms. The molecule has 0 amide bonds. The molecule has 1 saturated heterocycles. The van der Waals surface area contributed by atoms with E-state index in [4.69, 9.17) is 11.6 Å². The van der Waals surface area contributed by atoms with Crippen molar-refractivity contribution in [1.29, 1.82) is 0 Å². The largest absolute Gasteiger partial charge is 0.357 e. The highest BCUT2D eigenvalue weighted by molar-refractivity contribution is 6.31. The number of hydrogen-bond donors (Lipinski definition) is 1. The van der Waals surface area contributed by atoms with Gasteiger partial charge in [0, 0.05) is 25.8 Å². The van der Waals surface area contributed by atoms with Crippen molar-refractivity contribution in [2.45, 2.75) is 39.7 Å². The molecule has 1 aromatic heterocycles. The Kier molecular flexibility index (Phi) is 5.46. The van der Waals surface area contributed by atoms with Gasteiger partial charge in [0.15, 0.2) is 0 Å². The summed E-state index contributed by atoms with van der Waals surface area (Å²) < 4.78 is 0. The van der Waals surface area contributed by atoms with Gasteiger partial charge < -0.3 is 10.2 Å². The minimum absolute atomic E-state index is 0.758. The Morgan fingerprint density at radius 2 is 2.11 bits per heavy atom. The van der Waals surface area contributed by atoms with E-state index >= 15 is 0 Å². The second-order valence-electron chi connectivity index (χ2n) is 5.25. The minimum atomic E-state index is 0.758. The van der Waals surface area contributed by atoms with E-state index in [1.54, 1.807) is 6.20 Å². The van der Waals surface area contributed by atoms with Crippen LogP contribution in [0.15, 0.2) is 12.3 Å². The van der Waals surface area contributed by atoms with Gasteiger partial charge in [0.2, 0.25) is 0 Å². The third-order valence-corrected chi connectivity index (χ3v) is 4.34. The Bertz CT molecular complexity index is 400. The van der Waals surface area contributed by atoms with E-state index in [0.29, 0.717) is 0 Å². The zero-order valence-electron chi connectivity index (χ0n) is 12.0. The molecule has 4 heteroatoms. The molecule has 0 atom stereocenters. The van der Waals surface area contributed by atoms with E-state index < -0.39 is 0 Å². The molecule has 0 radical (unpaired) electrons. The summed E-state index contributed by atoms with van der Waals surface area (Å²) in [5.74, 6) is 1.97. The van der Waals surface area contributed by atoms with Crippen molar-refractivity contribution in [3.05, 3.63) is 22.8 Å². The van der Waals surface area contributed by atoms with Crippen LogP contribution in [-0.2, 0) is 6.54 Å². The molecule has 1 N–H and O–H groups in total. The fourth-order valence-electron chi connectivity index (χ4n) is 2.61. The maximum Gasteiger partial charge on any atom is 0.128 e. The third kappa shape index (κ3) is 3.83. The van der Waals surface area contributed by atoms with Crippen LogP contribution in [0, 0.1) is 5.92 Å². The van der Waals surface area contributed by atoms with E-state index in [2.05, 4.69) is 35.1 Å². The van der Waals surface area contributed by atoms with Crippen molar-refractivity contribution in [2.75, 3.05) is 24.5 Å². The third-order valence-electron chi connectivity index (χ3n) is 4.00. The Morgan fingerprint density at radius 1 is 1.37 bits per heavy atom. The first kappa shape index (κ1) is 14.6. The van der Waals surface area contributed by atoms with E-state index in [9.17, 15) is 0 Å². The number of anilines is 1. The summed E-state index contributed by atoms with van der Waals surface area (Å²) in [5.41, 5.74) is 1.14. The van der Waals surface area contributed by atoms with Crippen LogP contribution in [0.25, 0.3) is 0 Å². The van der Waals surface area contributed by atoms with E-state index in [1.807, 2.05) is 0 Å². The molecule has 1 aromatic rings. The molecule has 1 fully saturated rings. The van der Waals surface area contributed by atoms with Crippen molar-refractivity contribution in [1.82, 2.24) is 10.3 Å². The van der Waals surface area contributed by atoms with Crippen molar-refractivity contribution in [3.63, 3.8) is 0 Å². The Balaban J connectivity index is 2.04. The van der Waals surface area contributed by atoms with Gasteiger partial charge in [-0.15, -0.1) is 0 Å². The molecule has 1 aliphatic rings. The van der Waals surface area contributed by atoms with Crippen LogP contribution in [-0.4, -0.2) is 24.6 Å². The molecule has 19 heavy (non-hydrogen) atoms. The van der Waals surface area contributed by atoms with E-state index in [1.165, 1.54) is 19.3 Å². The van der Waals surface area contributed by atoms with Crippen LogP contribution in [0.3, 0.4) is 0 Å². The highest BCUT2D eigenvalue weighted by Gasteiger charge is 2.19. The summed E-state index contributed by atoms with van der Waals surface area (Å²) in [6, 6.07) is 2.14. The van der Waals surface area contributed by atoms with Crippen molar-refractivity contribution in [3.8, 4) is 0 Å². The van der Waals surface area contributed by atoms with Crippen molar-refractivity contribution < 1.29 is 0 Å². The lowest BCUT2D eigenvalue weighted by molar-refractivity contribution is 0.393. The van der Waals surface area contributed by atoms with Crippen molar-refractivity contribution >= 4 is 17.4 Å². The van der Waals surface area contributed by atoms with Gasteiger partial charge in [-0.2, -0.15) is 0 Å². The van der Waals surface area contributed by atoms with Gasteiger partial charge in [0.1, 0.15) is 5.82 Å². The monoisotopic (exact) mass is 281 g/mol. The van der Waals surface area contributed by atoms with Crippen LogP contribution in [0.2, 0.25) is 5.02 Å². The van der Waals surface area contributed by atoms with Crippen molar-refractivity contribution in [2.24, 2.45) is 5.92 Å². The molecule has 0 bridgehead atoms. The molecule has 0 aromatic carbocycles. The lowest BCUT2D eigenvalue weighted by atomic mass is 9.94. The van der Waals surface area contributed by atoms with Gasteiger partial charge in [0.25, 0.3) is 0 Å². The predicted molar refractivity (Wildman–Crippen MR) is 81.9 cm³/mol. The highest BCUT2D eigenvalue weighted by atomic mass is 35.5. The van der Waals surface area contributed by atoms with Gasteiger partial charge in [-0.3, -0.25) is 0 Å². The first-order valence-corrected chi connectivity index (χ1v) is 7.72. The zero-order valence-corrected chi connectivity index (χ0v) is 12.7. The Morgan fingerprint density at radius 3 is 2.74 bits per heavy atom. The van der Waals surface area contributed by atoms with Crippen LogP contribution < -0.4 is 10.2 Å². The number of hydrogen-bond acceptors (Lipinski definition) is 3. The molecular formula is C15H24ClN3. The predicted octanol–water partition coefficient (Wildman–Crippen LogP) is 3.47. The van der Waals surface area contributed by atoms with Gasteiger partial charge >= 0.3 is 0 Å². The summed E-state index contributed by atoms with van der Waals surface area (Å²) in [6.45, 7) is 8.40. The number of rotatable bonds is 5. The number of nitrogens with zero attached hydrogens (tertiary/aromatic N) is 2. The number of pyridine rings is 1. The second kappa shape index (κ2) is 7.11. The molecule has 3 nitrogen and oxygen atoms in total. The molecule has 106 valence electrons. The molecule has 0 saturated carbocycles. The van der Waals surface area contributed by atoms with Gasteiger partial charge in [-0.1, -0.05) is 31.9 Å². The Hall–Kier alpha value is -0.800. The van der Waals surface area contributed by atoms with E-state index in [0.717, 1.165) is 48.5 Å². The quantitative estimate of drug-likeness (QED) is 0.896. The van der Waals surface area contributed by atoms with Crippen LogP contribution >= 0.6 is 11.6 Å². The average Bonchev–Trinajstić information content (AvgIpc) is 2.46. The maximum absolute atomic E-state index is 6.20. The smallest absolute Gasteiger partial charge is 0.128 e. The SMILES string of the molecule is CCNCc1cc(N2CCC(CC)CC2)ncc1Cl. The second-order valence-corrected chi connectivity index (χ2v) is 5.66. The standard InChI is InChI=1S/C15H24ClN3/c1-3-12-5-7-19(8-6-12)15-9-13(10-17-4-2)14(16)11-18-15/h9,11-12,17H,3-8,10H2,1-2H3. The molecule has 1 aliphatic heterocycles. The average molecular weight is 282 g/mol. The molecular weight excluding hydrogens is 258 g/mol. The normalized spacial score (nSPS) is 16.9. The fourth-order valence-corrected chi connectivity index (χ4v) is 2.78. The summed E-state index contributed by atoms with van der Waals surface area (Å²) in [4.78, 5) is 6.87. The van der Waals surface area contributed by atoms with Gasteiger partial charge in [0.05, 0.1) is 5.02 Å². The van der Waals surface area contributed by atoms with Gasteiger partial charge in [-0.25, -0.2) is 4.98 Å². The summed E-state index contributed by atoms with van der Waals surface area (Å²) in [6.07, 6.45) is 5.65. The number of aromatic nitrogens is 1. The summed E-state index contributed by atoms with van der Waals surface area (Å²) >= 11 is 6.20. The topological polar surface area (TPSA) is 28.2 Å². The molecule has 2 rings (SSSR count). The fraction of sp³-hybridized carbons (Fsp3) is 0.667. The molecule has 2 heterocycles. The zero-order chi connectivity index (χ0) is 13.7. The highest BCUT2D eigenvalue weighted by Crippen LogP contribution is 2.26. The number of piperidine rings is 1. The maximum atomic E-state index is 6.20. The first-order chi connectivity index (χ1) is 9.24. The first-order valence-electron chi connectivity index (χ1n) is 7.34. The Labute approximate surface area is 121 Å². The van der Waals surface area contributed by atoms with Crippen LogP contribution in [0.1, 0.15) is 38.7 Å².